The van der Waals surface area contributed by atoms with E-state index in [0.717, 1.165) is 5.69 Å². The summed E-state index contributed by atoms with van der Waals surface area (Å²) >= 11 is 0. The monoisotopic (exact) mass is 234 g/mol. The van der Waals surface area contributed by atoms with Crippen LogP contribution in [0.1, 0.15) is 20.3 Å². The third-order valence-electron chi connectivity index (χ3n) is 3.50. The van der Waals surface area contributed by atoms with Crippen LogP contribution in [0.4, 0.5) is 11.5 Å². The summed E-state index contributed by atoms with van der Waals surface area (Å²) in [6.45, 7) is 4.58. The molecule has 2 rings (SSSR count). The maximum absolute atomic E-state index is 12.3. The van der Waals surface area contributed by atoms with Crippen LogP contribution < -0.4 is 16.4 Å². The molecule has 4 N–H and O–H groups in total. The lowest BCUT2D eigenvalue weighted by atomic mass is 9.86. The van der Waals surface area contributed by atoms with E-state index in [1.54, 1.807) is 23.2 Å². The Hall–Kier alpha value is -1.62. The molecule has 1 unspecified atom stereocenters. The summed E-state index contributed by atoms with van der Waals surface area (Å²) < 4.78 is 0. The molecule has 0 saturated carbocycles. The molecule has 0 radical (unpaired) electrons. The zero-order chi connectivity index (χ0) is 12.6. The van der Waals surface area contributed by atoms with Crippen molar-refractivity contribution in [1.29, 1.82) is 0 Å². The number of carbonyl (C=O) groups is 1. The Kier molecular flexibility index (Phi) is 2.79. The first-order chi connectivity index (χ1) is 7.95. The van der Waals surface area contributed by atoms with Crippen molar-refractivity contribution in [2.24, 2.45) is 11.7 Å². The van der Waals surface area contributed by atoms with Gasteiger partial charge in [-0.15, -0.1) is 0 Å². The number of amides is 1. The molecule has 1 fully saturated rings. The molecule has 1 saturated heterocycles. The fourth-order valence-corrected chi connectivity index (χ4v) is 2.14. The van der Waals surface area contributed by atoms with Crippen LogP contribution in [0.3, 0.4) is 0 Å². The van der Waals surface area contributed by atoms with E-state index in [0.29, 0.717) is 18.8 Å². The highest BCUT2D eigenvalue weighted by molar-refractivity contribution is 6.02. The molecular weight excluding hydrogens is 216 g/mol. The van der Waals surface area contributed by atoms with Gasteiger partial charge in [-0.2, -0.15) is 0 Å². The smallest absolute Gasteiger partial charge is 0.247 e. The summed E-state index contributed by atoms with van der Waals surface area (Å²) in [5, 5.41) is 0. The fourth-order valence-electron chi connectivity index (χ4n) is 2.14. The van der Waals surface area contributed by atoms with Crippen molar-refractivity contribution in [3.63, 3.8) is 0 Å². The first kappa shape index (κ1) is 11.9. The normalized spacial score (nSPS) is 24.7. The summed E-state index contributed by atoms with van der Waals surface area (Å²) in [4.78, 5) is 17.9. The molecule has 1 aromatic heterocycles. The Labute approximate surface area is 101 Å². The number of hydrogen-bond acceptors (Lipinski definition) is 4. The molecule has 2 heterocycles. The molecule has 0 aliphatic carbocycles. The van der Waals surface area contributed by atoms with Crippen LogP contribution in [0.5, 0.6) is 0 Å². The summed E-state index contributed by atoms with van der Waals surface area (Å²) in [5.74, 6) is 0.506. The standard InChI is InChI=1S/C12H18N4O/c1-8(2)12(14)4-6-16(11(12)17)9-3-5-15-10(13)7-9/h3,5,7-8H,4,6,14H2,1-2H3,(H2,13,15). The van der Waals surface area contributed by atoms with Gasteiger partial charge in [-0.3, -0.25) is 4.79 Å². The molecule has 5 nitrogen and oxygen atoms in total. The second-order valence-electron chi connectivity index (χ2n) is 4.84. The van der Waals surface area contributed by atoms with Crippen LogP contribution in [-0.2, 0) is 4.79 Å². The lowest BCUT2D eigenvalue weighted by Crippen LogP contribution is -2.52. The molecule has 1 aliphatic heterocycles. The Balaban J connectivity index is 2.30. The molecule has 0 spiro atoms. The molecule has 0 aromatic carbocycles. The van der Waals surface area contributed by atoms with E-state index in [9.17, 15) is 4.79 Å². The average molecular weight is 234 g/mol. The highest BCUT2D eigenvalue weighted by Crippen LogP contribution is 2.31. The average Bonchev–Trinajstić information content (AvgIpc) is 2.57. The van der Waals surface area contributed by atoms with Gasteiger partial charge in [0.15, 0.2) is 0 Å². The topological polar surface area (TPSA) is 85.2 Å². The van der Waals surface area contributed by atoms with Crippen molar-refractivity contribution in [2.45, 2.75) is 25.8 Å². The zero-order valence-electron chi connectivity index (χ0n) is 10.2. The van der Waals surface area contributed by atoms with Crippen molar-refractivity contribution in [3.8, 4) is 0 Å². The number of hydrogen-bond donors (Lipinski definition) is 2. The van der Waals surface area contributed by atoms with Crippen LogP contribution in [0.25, 0.3) is 0 Å². The van der Waals surface area contributed by atoms with Gasteiger partial charge in [0.1, 0.15) is 5.82 Å². The molecule has 1 aliphatic rings. The minimum Gasteiger partial charge on any atom is -0.384 e. The van der Waals surface area contributed by atoms with Gasteiger partial charge < -0.3 is 16.4 Å². The van der Waals surface area contributed by atoms with Crippen LogP contribution in [0.2, 0.25) is 0 Å². The van der Waals surface area contributed by atoms with E-state index < -0.39 is 5.54 Å². The third kappa shape index (κ3) is 1.86. The van der Waals surface area contributed by atoms with Gasteiger partial charge in [-0.05, 0) is 18.4 Å². The summed E-state index contributed by atoms with van der Waals surface area (Å²) in [6, 6.07) is 3.48. The molecule has 1 amide bonds. The maximum Gasteiger partial charge on any atom is 0.247 e. The van der Waals surface area contributed by atoms with Crippen LogP contribution in [0, 0.1) is 5.92 Å². The molecule has 92 valence electrons. The molecule has 1 atom stereocenters. The molecule has 5 heteroatoms. The second kappa shape index (κ2) is 4.00. The molecule has 1 aromatic rings. The third-order valence-corrected chi connectivity index (χ3v) is 3.50. The van der Waals surface area contributed by atoms with Gasteiger partial charge in [-0.25, -0.2) is 4.98 Å². The van der Waals surface area contributed by atoms with Crippen LogP contribution in [0.15, 0.2) is 18.3 Å². The van der Waals surface area contributed by atoms with E-state index in [1.165, 1.54) is 0 Å². The number of carbonyl (C=O) groups excluding carboxylic acids is 1. The van der Waals surface area contributed by atoms with Crippen molar-refractivity contribution in [3.05, 3.63) is 18.3 Å². The van der Waals surface area contributed by atoms with Crippen LogP contribution in [-0.4, -0.2) is 23.0 Å². The summed E-state index contributed by atoms with van der Waals surface area (Å²) in [6.07, 6.45) is 2.27. The maximum atomic E-state index is 12.3. The van der Waals surface area contributed by atoms with Gasteiger partial charge in [-0.1, -0.05) is 13.8 Å². The fraction of sp³-hybridized carbons (Fsp3) is 0.500. The first-order valence-corrected chi connectivity index (χ1v) is 5.77. The number of nitrogen functional groups attached to an aromatic ring is 1. The number of nitrogens with two attached hydrogens (primary N) is 2. The Bertz CT molecular complexity index is 446. The predicted molar refractivity (Wildman–Crippen MR) is 67.4 cm³/mol. The number of aromatic nitrogens is 1. The quantitative estimate of drug-likeness (QED) is 0.791. The van der Waals surface area contributed by atoms with Gasteiger partial charge in [0.2, 0.25) is 5.91 Å². The summed E-state index contributed by atoms with van der Waals surface area (Å²) in [7, 11) is 0. The highest BCUT2D eigenvalue weighted by atomic mass is 16.2. The van der Waals surface area contributed by atoms with Gasteiger partial charge in [0.25, 0.3) is 0 Å². The number of pyridine rings is 1. The van der Waals surface area contributed by atoms with Crippen molar-refractivity contribution in [2.75, 3.05) is 17.2 Å². The van der Waals surface area contributed by atoms with E-state index >= 15 is 0 Å². The zero-order valence-corrected chi connectivity index (χ0v) is 10.2. The Morgan fingerprint density at radius 1 is 1.53 bits per heavy atom. The number of anilines is 2. The van der Waals surface area contributed by atoms with E-state index in [2.05, 4.69) is 4.98 Å². The number of rotatable bonds is 2. The van der Waals surface area contributed by atoms with Gasteiger partial charge >= 0.3 is 0 Å². The predicted octanol–water partition coefficient (Wildman–Crippen LogP) is 0.754. The van der Waals surface area contributed by atoms with Gasteiger partial charge in [0.05, 0.1) is 5.54 Å². The Morgan fingerprint density at radius 2 is 2.24 bits per heavy atom. The van der Waals surface area contributed by atoms with Gasteiger partial charge in [0, 0.05) is 24.5 Å². The first-order valence-electron chi connectivity index (χ1n) is 5.77. The highest BCUT2D eigenvalue weighted by Gasteiger charge is 2.46. The Morgan fingerprint density at radius 3 is 2.76 bits per heavy atom. The minimum atomic E-state index is -0.752. The van der Waals surface area contributed by atoms with E-state index in [4.69, 9.17) is 11.5 Å². The molecule has 17 heavy (non-hydrogen) atoms. The molecular formula is C12H18N4O. The largest absolute Gasteiger partial charge is 0.384 e. The van der Waals surface area contributed by atoms with E-state index in [-0.39, 0.29) is 11.8 Å². The minimum absolute atomic E-state index is 0.0295. The lowest BCUT2D eigenvalue weighted by Gasteiger charge is -2.27. The van der Waals surface area contributed by atoms with Crippen molar-refractivity contribution in [1.82, 2.24) is 4.98 Å². The van der Waals surface area contributed by atoms with Crippen molar-refractivity contribution >= 4 is 17.4 Å². The SMILES string of the molecule is CC(C)C1(N)CCN(c2ccnc(N)c2)C1=O. The molecule has 0 bridgehead atoms. The van der Waals surface area contributed by atoms with Crippen LogP contribution >= 0.6 is 0 Å². The second-order valence-corrected chi connectivity index (χ2v) is 4.84. The lowest BCUT2D eigenvalue weighted by molar-refractivity contribution is -0.122. The summed E-state index contributed by atoms with van der Waals surface area (Å²) in [5.41, 5.74) is 11.8. The van der Waals surface area contributed by atoms with E-state index in [1.807, 2.05) is 13.8 Å². The van der Waals surface area contributed by atoms with Crippen molar-refractivity contribution < 1.29 is 4.79 Å². The number of nitrogens with zero attached hydrogens (tertiary/aromatic N) is 2.